The number of amides is 2. The first-order chi connectivity index (χ1) is 15.9. The van der Waals surface area contributed by atoms with E-state index in [1.807, 2.05) is 36.4 Å². The van der Waals surface area contributed by atoms with Crippen molar-refractivity contribution >= 4 is 18.0 Å². The minimum absolute atomic E-state index is 0.0645. The normalized spacial score (nSPS) is 16.7. The molecule has 2 aromatic carbocycles. The molecule has 1 aliphatic carbocycles. The third-order valence-electron chi connectivity index (χ3n) is 6.65. The largest absolute Gasteiger partial charge is 0.481 e. The number of nitrogens with zero attached hydrogens (tertiary/aromatic N) is 1. The van der Waals surface area contributed by atoms with E-state index in [0.717, 1.165) is 22.3 Å². The molecule has 0 radical (unpaired) electrons. The van der Waals surface area contributed by atoms with Gasteiger partial charge in [-0.15, -0.1) is 6.58 Å². The van der Waals surface area contributed by atoms with E-state index in [4.69, 9.17) is 9.84 Å². The van der Waals surface area contributed by atoms with Crippen molar-refractivity contribution in [3.05, 3.63) is 72.3 Å². The number of aliphatic carboxylic acids is 1. The predicted molar refractivity (Wildman–Crippen MR) is 124 cm³/mol. The topological polar surface area (TPSA) is 95.9 Å². The molecule has 1 fully saturated rings. The number of hydrogen-bond acceptors (Lipinski definition) is 4. The Balaban J connectivity index is 1.36. The Morgan fingerprint density at radius 1 is 1.12 bits per heavy atom. The van der Waals surface area contributed by atoms with Gasteiger partial charge < -0.3 is 20.1 Å². The molecule has 2 aliphatic rings. The minimum atomic E-state index is -0.869. The first-order valence-electron chi connectivity index (χ1n) is 11.1. The molecule has 0 bridgehead atoms. The van der Waals surface area contributed by atoms with Crippen molar-refractivity contribution in [2.75, 3.05) is 19.7 Å². The molecule has 2 aromatic rings. The first kappa shape index (κ1) is 22.6. The van der Waals surface area contributed by atoms with Gasteiger partial charge in [-0.25, -0.2) is 4.79 Å². The summed E-state index contributed by atoms with van der Waals surface area (Å²) >= 11 is 0. The van der Waals surface area contributed by atoms with Crippen molar-refractivity contribution in [1.29, 1.82) is 0 Å². The van der Waals surface area contributed by atoms with Crippen molar-refractivity contribution in [2.24, 2.45) is 11.8 Å². The van der Waals surface area contributed by atoms with Crippen molar-refractivity contribution in [2.45, 2.75) is 25.3 Å². The summed E-state index contributed by atoms with van der Waals surface area (Å²) in [6.45, 7) is 6.22. The molecule has 0 saturated carbocycles. The summed E-state index contributed by atoms with van der Waals surface area (Å²) < 4.78 is 5.56. The van der Waals surface area contributed by atoms with Gasteiger partial charge >= 0.3 is 12.1 Å². The molecule has 2 atom stereocenters. The SMILES string of the molecule is C=CCC(NC(=O)OCC1c2ccccc2-c2ccccc21)C(=O)N1CC(C(C)C(=O)O)C1. The van der Waals surface area contributed by atoms with Crippen molar-refractivity contribution in [1.82, 2.24) is 10.2 Å². The Morgan fingerprint density at radius 2 is 1.70 bits per heavy atom. The molecule has 2 unspecified atom stereocenters. The highest BCUT2D eigenvalue weighted by Gasteiger charge is 2.39. The van der Waals surface area contributed by atoms with Gasteiger partial charge in [-0.2, -0.15) is 0 Å². The van der Waals surface area contributed by atoms with E-state index in [-0.39, 0.29) is 30.8 Å². The van der Waals surface area contributed by atoms with Gasteiger partial charge in [0.15, 0.2) is 0 Å². The van der Waals surface area contributed by atoms with Crippen LogP contribution in [0.15, 0.2) is 61.2 Å². The number of carboxylic acid groups (broad SMARTS) is 1. The summed E-state index contributed by atoms with van der Waals surface area (Å²) in [7, 11) is 0. The predicted octanol–water partition coefficient (Wildman–Crippen LogP) is 3.65. The second kappa shape index (κ2) is 9.48. The second-order valence-corrected chi connectivity index (χ2v) is 8.68. The molecule has 4 rings (SSSR count). The van der Waals surface area contributed by atoms with E-state index in [1.165, 1.54) is 0 Å². The Hall–Kier alpha value is -3.61. The summed E-state index contributed by atoms with van der Waals surface area (Å²) in [6.07, 6.45) is 1.18. The molecule has 1 saturated heterocycles. The minimum Gasteiger partial charge on any atom is -0.481 e. The van der Waals surface area contributed by atoms with Gasteiger partial charge in [0, 0.05) is 24.9 Å². The highest BCUT2D eigenvalue weighted by Crippen LogP contribution is 2.44. The number of fused-ring (bicyclic) bond motifs is 3. The number of nitrogens with one attached hydrogen (secondary N) is 1. The van der Waals surface area contributed by atoms with Crippen LogP contribution >= 0.6 is 0 Å². The number of carboxylic acids is 1. The Kier molecular flexibility index (Phi) is 6.49. The lowest BCUT2D eigenvalue weighted by Gasteiger charge is -2.42. The van der Waals surface area contributed by atoms with Crippen LogP contribution in [0.3, 0.4) is 0 Å². The van der Waals surface area contributed by atoms with Gasteiger partial charge in [0.05, 0.1) is 5.92 Å². The van der Waals surface area contributed by atoms with Crippen LogP contribution in [0.4, 0.5) is 4.79 Å². The quantitative estimate of drug-likeness (QED) is 0.601. The molecule has 7 nitrogen and oxygen atoms in total. The van der Waals surface area contributed by atoms with E-state index >= 15 is 0 Å². The average Bonchev–Trinajstić information content (AvgIpc) is 3.10. The smallest absolute Gasteiger partial charge is 0.407 e. The lowest BCUT2D eigenvalue weighted by atomic mass is 9.86. The number of benzene rings is 2. The molecular weight excluding hydrogens is 420 g/mol. The lowest BCUT2D eigenvalue weighted by Crippen LogP contribution is -2.58. The first-order valence-corrected chi connectivity index (χ1v) is 11.1. The van der Waals surface area contributed by atoms with E-state index in [1.54, 1.807) is 17.9 Å². The third kappa shape index (κ3) is 4.49. The summed E-state index contributed by atoms with van der Waals surface area (Å²) in [5, 5.41) is 11.8. The number of ether oxygens (including phenoxy) is 1. The number of carbonyl (C=O) groups is 3. The standard InChI is InChI=1S/C26H28N2O5/c1-3-8-23(24(29)28-13-17(14-28)16(2)25(30)31)27-26(32)33-15-22-20-11-6-4-9-18(20)19-10-5-7-12-21(19)22/h3-7,9-12,16-17,22-23H,1,8,13-15H2,2H3,(H,27,32)(H,30,31). The van der Waals surface area contributed by atoms with Crippen LogP contribution in [0.1, 0.15) is 30.4 Å². The highest BCUT2D eigenvalue weighted by molar-refractivity contribution is 5.87. The zero-order valence-electron chi connectivity index (χ0n) is 18.6. The molecule has 172 valence electrons. The van der Waals surface area contributed by atoms with Crippen LogP contribution in [0.2, 0.25) is 0 Å². The number of rotatable bonds is 8. The Labute approximate surface area is 193 Å². The lowest BCUT2D eigenvalue weighted by molar-refractivity contribution is -0.151. The fourth-order valence-corrected chi connectivity index (χ4v) is 4.60. The zero-order valence-corrected chi connectivity index (χ0v) is 18.6. The van der Waals surface area contributed by atoms with Crippen molar-refractivity contribution in [3.63, 3.8) is 0 Å². The fraction of sp³-hybridized carbons (Fsp3) is 0.346. The maximum absolute atomic E-state index is 12.8. The van der Waals surface area contributed by atoms with Crippen LogP contribution in [-0.4, -0.2) is 53.7 Å². The summed E-state index contributed by atoms with van der Waals surface area (Å²) in [5.74, 6) is -1.78. The second-order valence-electron chi connectivity index (χ2n) is 8.68. The highest BCUT2D eigenvalue weighted by atomic mass is 16.5. The Morgan fingerprint density at radius 3 is 2.24 bits per heavy atom. The molecule has 2 amide bonds. The van der Waals surface area contributed by atoms with E-state index in [2.05, 4.69) is 24.0 Å². The van der Waals surface area contributed by atoms with Crippen LogP contribution in [0, 0.1) is 11.8 Å². The van der Waals surface area contributed by atoms with Crippen LogP contribution in [-0.2, 0) is 14.3 Å². The van der Waals surface area contributed by atoms with Crippen molar-refractivity contribution in [3.8, 4) is 11.1 Å². The van der Waals surface area contributed by atoms with Gasteiger partial charge in [-0.1, -0.05) is 61.5 Å². The molecule has 0 aromatic heterocycles. The number of likely N-dealkylation sites (tertiary alicyclic amines) is 1. The zero-order chi connectivity index (χ0) is 23.5. The molecule has 1 heterocycles. The summed E-state index contributed by atoms with van der Waals surface area (Å²) in [6, 6.07) is 15.4. The van der Waals surface area contributed by atoms with Gasteiger partial charge in [0.25, 0.3) is 0 Å². The Bertz CT molecular complexity index is 1030. The van der Waals surface area contributed by atoms with E-state index in [9.17, 15) is 14.4 Å². The van der Waals surface area contributed by atoms with Gasteiger partial charge in [0.2, 0.25) is 5.91 Å². The van der Waals surface area contributed by atoms with E-state index in [0.29, 0.717) is 13.1 Å². The van der Waals surface area contributed by atoms with Gasteiger partial charge in [0.1, 0.15) is 12.6 Å². The van der Waals surface area contributed by atoms with Crippen LogP contribution < -0.4 is 5.32 Å². The van der Waals surface area contributed by atoms with Crippen LogP contribution in [0.25, 0.3) is 11.1 Å². The average molecular weight is 449 g/mol. The molecule has 2 N–H and O–H groups in total. The maximum atomic E-state index is 12.8. The fourth-order valence-electron chi connectivity index (χ4n) is 4.60. The monoisotopic (exact) mass is 448 g/mol. The van der Waals surface area contributed by atoms with Gasteiger partial charge in [-0.3, -0.25) is 9.59 Å². The molecule has 1 aliphatic heterocycles. The third-order valence-corrected chi connectivity index (χ3v) is 6.65. The molecular formula is C26H28N2O5. The van der Waals surface area contributed by atoms with Crippen LogP contribution in [0.5, 0.6) is 0 Å². The maximum Gasteiger partial charge on any atom is 0.407 e. The number of hydrogen-bond donors (Lipinski definition) is 2. The summed E-state index contributed by atoms with van der Waals surface area (Å²) in [5.41, 5.74) is 4.52. The molecule has 7 heteroatoms. The van der Waals surface area contributed by atoms with E-state index < -0.39 is 24.0 Å². The number of carbonyl (C=O) groups excluding carboxylic acids is 2. The summed E-state index contributed by atoms with van der Waals surface area (Å²) in [4.78, 5) is 38.1. The number of alkyl carbamates (subject to hydrolysis) is 1. The van der Waals surface area contributed by atoms with Crippen molar-refractivity contribution < 1.29 is 24.2 Å². The molecule has 0 spiro atoms. The molecule has 33 heavy (non-hydrogen) atoms. The van der Waals surface area contributed by atoms with Gasteiger partial charge in [-0.05, 0) is 28.7 Å².